The first-order valence-electron chi connectivity index (χ1n) is 4.24. The first-order valence-corrected chi connectivity index (χ1v) is 6.23. The number of halogens is 2. The number of nitrogens with zero attached hydrogens (tertiary/aromatic N) is 1. The molecule has 0 aliphatic heterocycles. The third-order valence-electron chi connectivity index (χ3n) is 1.89. The minimum Gasteiger partial charge on any atom is -0.476 e. The summed E-state index contributed by atoms with van der Waals surface area (Å²) in [5.41, 5.74) is 0.735. The van der Waals surface area contributed by atoms with Crippen molar-refractivity contribution in [3.63, 3.8) is 0 Å². The Bertz CT molecular complexity index is 556. The van der Waals surface area contributed by atoms with Crippen molar-refractivity contribution in [2.45, 2.75) is 0 Å². The molecule has 1 aromatic carbocycles. The molecular formula is C10H5BrClNO2S. The molecule has 0 atom stereocenters. The van der Waals surface area contributed by atoms with E-state index in [0.717, 1.165) is 21.4 Å². The number of hydrogen-bond acceptors (Lipinski definition) is 3. The Hall–Kier alpha value is -0.910. The van der Waals surface area contributed by atoms with Crippen LogP contribution in [0.5, 0.6) is 0 Å². The number of aromatic nitrogens is 1. The van der Waals surface area contributed by atoms with Gasteiger partial charge in [0, 0.05) is 10.0 Å². The lowest BCUT2D eigenvalue weighted by Crippen LogP contribution is -1.96. The molecule has 0 saturated carbocycles. The van der Waals surface area contributed by atoms with Gasteiger partial charge in [-0.3, -0.25) is 0 Å². The molecule has 0 amide bonds. The van der Waals surface area contributed by atoms with Crippen LogP contribution >= 0.6 is 38.9 Å². The second-order valence-corrected chi connectivity index (χ2v) is 5.38. The van der Waals surface area contributed by atoms with Crippen molar-refractivity contribution in [2.24, 2.45) is 0 Å². The zero-order valence-corrected chi connectivity index (χ0v) is 10.9. The van der Waals surface area contributed by atoms with Crippen LogP contribution in [0.2, 0.25) is 4.34 Å². The highest BCUT2D eigenvalue weighted by Gasteiger charge is 2.17. The number of benzene rings is 1. The van der Waals surface area contributed by atoms with Gasteiger partial charge in [0.05, 0.1) is 0 Å². The van der Waals surface area contributed by atoms with Gasteiger partial charge in [-0.2, -0.15) is 0 Å². The van der Waals surface area contributed by atoms with Gasteiger partial charge >= 0.3 is 5.97 Å². The van der Waals surface area contributed by atoms with E-state index in [0.29, 0.717) is 5.01 Å². The van der Waals surface area contributed by atoms with Crippen LogP contribution in [0.3, 0.4) is 0 Å². The van der Waals surface area contributed by atoms with Gasteiger partial charge in [0.1, 0.15) is 9.34 Å². The molecule has 3 nitrogen and oxygen atoms in total. The number of thiazole rings is 1. The van der Waals surface area contributed by atoms with Gasteiger partial charge in [-0.25, -0.2) is 9.78 Å². The highest BCUT2D eigenvalue weighted by Crippen LogP contribution is 2.35. The Morgan fingerprint density at radius 1 is 1.44 bits per heavy atom. The van der Waals surface area contributed by atoms with Crippen LogP contribution in [0.25, 0.3) is 10.6 Å². The highest BCUT2D eigenvalue weighted by atomic mass is 79.9. The molecule has 0 unspecified atom stereocenters. The third kappa shape index (κ3) is 2.11. The molecule has 1 N–H and O–H groups in total. The van der Waals surface area contributed by atoms with Crippen LogP contribution in [-0.4, -0.2) is 16.1 Å². The number of hydrogen-bond donors (Lipinski definition) is 1. The lowest BCUT2D eigenvalue weighted by atomic mass is 10.2. The third-order valence-corrected chi connectivity index (χ3v) is 3.87. The predicted octanol–water partition coefficient (Wildman–Crippen LogP) is 3.92. The lowest BCUT2D eigenvalue weighted by molar-refractivity contribution is 0.0691. The number of aromatic carboxylic acids is 1. The second-order valence-electron chi connectivity index (χ2n) is 2.93. The summed E-state index contributed by atoms with van der Waals surface area (Å²) >= 11 is 10.3. The molecule has 0 fully saturated rings. The Morgan fingerprint density at radius 3 is 2.69 bits per heavy atom. The van der Waals surface area contributed by atoms with Gasteiger partial charge in [0.15, 0.2) is 5.69 Å². The van der Waals surface area contributed by atoms with Gasteiger partial charge in [0.25, 0.3) is 0 Å². The first kappa shape index (κ1) is 11.6. The molecule has 2 rings (SSSR count). The van der Waals surface area contributed by atoms with E-state index < -0.39 is 5.97 Å². The van der Waals surface area contributed by atoms with Crippen molar-refractivity contribution < 1.29 is 9.90 Å². The van der Waals surface area contributed by atoms with Crippen LogP contribution < -0.4 is 0 Å². The van der Waals surface area contributed by atoms with Gasteiger partial charge < -0.3 is 5.11 Å². The first-order chi connectivity index (χ1) is 7.59. The number of carbonyl (C=O) groups is 1. The molecule has 0 bridgehead atoms. The molecule has 6 heteroatoms. The molecule has 0 aliphatic rings. The zero-order valence-electron chi connectivity index (χ0n) is 7.78. The van der Waals surface area contributed by atoms with Crippen molar-refractivity contribution in [1.29, 1.82) is 0 Å². The van der Waals surface area contributed by atoms with Gasteiger partial charge in [-0.15, -0.1) is 11.3 Å². The zero-order chi connectivity index (χ0) is 11.7. The molecular weight excluding hydrogens is 314 g/mol. The molecule has 0 radical (unpaired) electrons. The summed E-state index contributed by atoms with van der Waals surface area (Å²) in [5.74, 6) is -1.11. The molecule has 82 valence electrons. The van der Waals surface area contributed by atoms with Crippen molar-refractivity contribution in [3.05, 3.63) is 38.8 Å². The lowest BCUT2D eigenvalue weighted by Gasteiger charge is -1.98. The monoisotopic (exact) mass is 317 g/mol. The van der Waals surface area contributed by atoms with Crippen LogP contribution in [0.1, 0.15) is 10.5 Å². The summed E-state index contributed by atoms with van der Waals surface area (Å²) in [6.07, 6.45) is 0. The maximum absolute atomic E-state index is 10.8. The molecule has 0 saturated heterocycles. The van der Waals surface area contributed by atoms with Crippen LogP contribution in [0.15, 0.2) is 28.7 Å². The standard InChI is InChI=1S/C10H5BrClNO2S/c11-6-4-2-1-3-5(6)9-13-7(10(14)15)8(12)16-9/h1-4H,(H,14,15). The van der Waals surface area contributed by atoms with E-state index in [4.69, 9.17) is 16.7 Å². The average molecular weight is 319 g/mol. The van der Waals surface area contributed by atoms with E-state index in [2.05, 4.69) is 20.9 Å². The topological polar surface area (TPSA) is 50.2 Å². The second kappa shape index (κ2) is 4.53. The van der Waals surface area contributed by atoms with Gasteiger partial charge in [-0.1, -0.05) is 45.7 Å². The maximum Gasteiger partial charge on any atom is 0.356 e. The average Bonchev–Trinajstić information content (AvgIpc) is 2.61. The van der Waals surface area contributed by atoms with E-state index in [1.165, 1.54) is 0 Å². The smallest absolute Gasteiger partial charge is 0.356 e. The molecule has 2 aromatic rings. The fraction of sp³-hybridized carbons (Fsp3) is 0. The molecule has 16 heavy (non-hydrogen) atoms. The molecule has 1 aromatic heterocycles. The quantitative estimate of drug-likeness (QED) is 0.913. The molecule has 0 aliphatic carbocycles. The summed E-state index contributed by atoms with van der Waals surface area (Å²) in [6, 6.07) is 7.45. The fourth-order valence-corrected chi connectivity index (χ4v) is 2.95. The maximum atomic E-state index is 10.8. The van der Waals surface area contributed by atoms with Crippen LogP contribution in [-0.2, 0) is 0 Å². The normalized spacial score (nSPS) is 10.4. The van der Waals surface area contributed by atoms with E-state index in [-0.39, 0.29) is 10.0 Å². The fourth-order valence-electron chi connectivity index (χ4n) is 1.18. The minimum atomic E-state index is -1.11. The van der Waals surface area contributed by atoms with Crippen molar-refractivity contribution in [2.75, 3.05) is 0 Å². The Balaban J connectivity index is 2.54. The number of carboxylic acids is 1. The van der Waals surface area contributed by atoms with Gasteiger partial charge in [-0.05, 0) is 6.07 Å². The van der Waals surface area contributed by atoms with E-state index >= 15 is 0 Å². The van der Waals surface area contributed by atoms with E-state index in [9.17, 15) is 4.79 Å². The molecule has 0 spiro atoms. The SMILES string of the molecule is O=C(O)c1nc(-c2ccccc2Br)sc1Cl. The summed E-state index contributed by atoms with van der Waals surface area (Å²) in [4.78, 5) is 14.8. The Kier molecular flexibility index (Phi) is 3.28. The van der Waals surface area contributed by atoms with Crippen molar-refractivity contribution in [3.8, 4) is 10.6 Å². The van der Waals surface area contributed by atoms with E-state index in [1.807, 2.05) is 24.3 Å². The van der Waals surface area contributed by atoms with Crippen molar-refractivity contribution >= 4 is 44.8 Å². The summed E-state index contributed by atoms with van der Waals surface area (Å²) < 4.78 is 1.05. The Labute approximate surface area is 109 Å². The van der Waals surface area contributed by atoms with Gasteiger partial charge in [0.2, 0.25) is 0 Å². The predicted molar refractivity (Wildman–Crippen MR) is 67.2 cm³/mol. The summed E-state index contributed by atoms with van der Waals surface area (Å²) in [6.45, 7) is 0. The van der Waals surface area contributed by atoms with E-state index in [1.54, 1.807) is 0 Å². The highest BCUT2D eigenvalue weighted by molar-refractivity contribution is 9.10. The van der Waals surface area contributed by atoms with Crippen LogP contribution in [0, 0.1) is 0 Å². The summed E-state index contributed by atoms with van der Waals surface area (Å²) in [5, 5.41) is 9.44. The Morgan fingerprint density at radius 2 is 2.12 bits per heavy atom. The number of rotatable bonds is 2. The van der Waals surface area contributed by atoms with Crippen LogP contribution in [0.4, 0.5) is 0 Å². The minimum absolute atomic E-state index is 0.0996. The van der Waals surface area contributed by atoms with Crippen molar-refractivity contribution in [1.82, 2.24) is 4.98 Å². The molecule has 1 heterocycles. The number of carboxylic acid groups (broad SMARTS) is 1. The summed E-state index contributed by atoms with van der Waals surface area (Å²) in [7, 11) is 0. The largest absolute Gasteiger partial charge is 0.476 e.